The number of allylic oxidation sites excluding steroid dienone is 4. The van der Waals surface area contributed by atoms with Crippen molar-refractivity contribution >= 4 is 23.9 Å². The van der Waals surface area contributed by atoms with Gasteiger partial charge in [-0.1, -0.05) is 24.3 Å². The Hall–Kier alpha value is -3.16. The SMILES string of the molecule is C1=CC2C(C1)C1CC2C2C3CCC(C3)C12.C1=CC2C3CCC(C3)C2C1.COC(=O)C=CC(=O)O.COC(=O)C=CC(=O)O. The summed E-state index contributed by atoms with van der Waals surface area (Å²) in [5.41, 5.74) is 0. The maximum Gasteiger partial charge on any atom is 0.330 e. The largest absolute Gasteiger partial charge is 0.478 e. The first-order chi connectivity index (χ1) is 20.7. The van der Waals surface area contributed by atoms with Gasteiger partial charge in [-0.15, -0.1) is 0 Å². The number of fused-ring (bicyclic) bond motifs is 17. The summed E-state index contributed by atoms with van der Waals surface area (Å²) in [6.07, 6.45) is 27.1. The highest BCUT2D eigenvalue weighted by Gasteiger charge is 2.65. The number of carbonyl (C=O) groups excluding carboxylic acids is 2. The molecule has 0 radical (unpaired) electrons. The summed E-state index contributed by atoms with van der Waals surface area (Å²) in [5, 5.41) is 15.9. The Kier molecular flexibility index (Phi) is 9.92. The molecule has 0 aromatic rings. The normalized spacial score (nSPS) is 40.6. The zero-order valence-electron chi connectivity index (χ0n) is 25.3. The number of aliphatic carboxylic acids is 2. The molecule has 6 saturated carbocycles. The van der Waals surface area contributed by atoms with Crippen LogP contribution in [0.1, 0.15) is 57.8 Å². The Bertz CT molecular complexity index is 1150. The lowest BCUT2D eigenvalue weighted by atomic mass is 9.64. The topological polar surface area (TPSA) is 127 Å². The Morgan fingerprint density at radius 1 is 0.581 bits per heavy atom. The molecule has 8 rings (SSSR count). The fraction of sp³-hybridized carbons (Fsp3) is 0.657. The summed E-state index contributed by atoms with van der Waals surface area (Å²) in [6.45, 7) is 0. The van der Waals surface area contributed by atoms with Gasteiger partial charge >= 0.3 is 23.9 Å². The van der Waals surface area contributed by atoms with Crippen LogP contribution >= 0.6 is 0 Å². The molecule has 12 unspecified atom stereocenters. The van der Waals surface area contributed by atoms with E-state index in [0.29, 0.717) is 12.2 Å². The van der Waals surface area contributed by atoms with Crippen molar-refractivity contribution in [2.75, 3.05) is 14.2 Å². The summed E-state index contributed by atoms with van der Waals surface area (Å²) in [6, 6.07) is 0. The van der Waals surface area contributed by atoms with Crippen molar-refractivity contribution < 1.29 is 38.9 Å². The third-order valence-electron chi connectivity index (χ3n) is 11.9. The van der Waals surface area contributed by atoms with Crippen LogP contribution in [0, 0.1) is 71.0 Å². The first kappa shape index (κ1) is 31.3. The van der Waals surface area contributed by atoms with Gasteiger partial charge in [-0.3, -0.25) is 0 Å². The van der Waals surface area contributed by atoms with Crippen LogP contribution in [0.4, 0.5) is 0 Å². The third-order valence-corrected chi connectivity index (χ3v) is 11.9. The van der Waals surface area contributed by atoms with Gasteiger partial charge in [-0.25, -0.2) is 19.2 Å². The van der Waals surface area contributed by atoms with Crippen molar-refractivity contribution in [1.29, 1.82) is 0 Å². The summed E-state index contributed by atoms with van der Waals surface area (Å²) < 4.78 is 8.22. The molecule has 0 aromatic heterocycles. The van der Waals surface area contributed by atoms with Crippen LogP contribution in [0.3, 0.4) is 0 Å². The molecule has 8 aliphatic rings. The minimum absolute atomic E-state index is 0.669. The number of esters is 2. The van der Waals surface area contributed by atoms with Gasteiger partial charge in [0.15, 0.2) is 0 Å². The lowest BCUT2D eigenvalue weighted by Crippen LogP contribution is -2.36. The average molecular weight is 595 g/mol. The van der Waals surface area contributed by atoms with Crippen LogP contribution in [0.25, 0.3) is 0 Å². The molecule has 0 heterocycles. The van der Waals surface area contributed by atoms with Crippen molar-refractivity contribution in [1.82, 2.24) is 0 Å². The van der Waals surface area contributed by atoms with Crippen molar-refractivity contribution in [3.05, 3.63) is 48.6 Å². The van der Waals surface area contributed by atoms with Crippen LogP contribution in [-0.2, 0) is 28.7 Å². The fourth-order valence-electron chi connectivity index (χ4n) is 10.7. The van der Waals surface area contributed by atoms with Gasteiger partial charge in [-0.2, -0.15) is 0 Å². The molecule has 8 heteroatoms. The second-order valence-corrected chi connectivity index (χ2v) is 13.6. The van der Waals surface area contributed by atoms with E-state index in [4.69, 9.17) is 10.2 Å². The predicted molar refractivity (Wildman–Crippen MR) is 159 cm³/mol. The van der Waals surface area contributed by atoms with Crippen LogP contribution in [0.2, 0.25) is 0 Å². The number of ether oxygens (including phenoxy) is 2. The number of rotatable bonds is 4. The second kappa shape index (κ2) is 13.6. The predicted octanol–water partition coefficient (Wildman–Crippen LogP) is 5.70. The maximum atomic E-state index is 10.1. The van der Waals surface area contributed by atoms with Crippen LogP contribution in [0.5, 0.6) is 0 Å². The number of methoxy groups -OCH3 is 2. The quantitative estimate of drug-likeness (QED) is 0.184. The zero-order valence-corrected chi connectivity index (χ0v) is 25.3. The molecule has 8 nitrogen and oxygen atoms in total. The average Bonchev–Trinajstić information content (AvgIpc) is 3.84. The van der Waals surface area contributed by atoms with Crippen LogP contribution in [0.15, 0.2) is 48.6 Å². The van der Waals surface area contributed by atoms with Gasteiger partial charge in [0.05, 0.1) is 14.2 Å². The van der Waals surface area contributed by atoms with E-state index >= 15 is 0 Å². The van der Waals surface area contributed by atoms with Gasteiger partial charge in [-0.05, 0) is 129 Å². The third kappa shape index (κ3) is 6.68. The number of carbonyl (C=O) groups is 4. The van der Waals surface area contributed by atoms with E-state index in [1.165, 1.54) is 57.2 Å². The minimum atomic E-state index is -1.17. The van der Waals surface area contributed by atoms with E-state index in [1.807, 2.05) is 0 Å². The van der Waals surface area contributed by atoms with E-state index in [2.05, 4.69) is 33.8 Å². The lowest BCUT2D eigenvalue weighted by Gasteiger charge is -2.40. The molecular weight excluding hydrogens is 548 g/mol. The summed E-state index contributed by atoms with van der Waals surface area (Å²) in [7, 11) is 2.35. The Labute approximate surface area is 254 Å². The summed E-state index contributed by atoms with van der Waals surface area (Å²) in [4.78, 5) is 39.7. The molecule has 0 aliphatic heterocycles. The smallest absolute Gasteiger partial charge is 0.330 e. The first-order valence-corrected chi connectivity index (χ1v) is 16.0. The van der Waals surface area contributed by atoms with Gasteiger partial charge in [0.1, 0.15) is 0 Å². The Morgan fingerprint density at radius 2 is 1.07 bits per heavy atom. The standard InChI is InChI=1S/C15H20.C10H14.2C5H6O4/c1-2-10-11(3-1)13-7-12(10)14-8-4-5-9(6-8)15(13)14;1-2-9-7-4-5-8(6-7)10(9)3-1;2*1-9-5(8)3-2-4(6)7/h1-2,8-15H,3-7H2;1-2,7-10H,3-6H2;2*2-3H,1H3,(H,6,7). The van der Waals surface area contributed by atoms with Crippen LogP contribution < -0.4 is 0 Å². The highest BCUT2D eigenvalue weighted by atomic mass is 16.5. The molecule has 6 bridgehead atoms. The number of carboxylic acids is 2. The Morgan fingerprint density at radius 3 is 1.63 bits per heavy atom. The monoisotopic (exact) mass is 594 g/mol. The molecule has 2 N–H and O–H groups in total. The summed E-state index contributed by atoms with van der Waals surface area (Å²) >= 11 is 0. The van der Waals surface area contributed by atoms with E-state index in [1.54, 1.807) is 38.5 Å². The van der Waals surface area contributed by atoms with Gasteiger partial charge < -0.3 is 19.7 Å². The highest BCUT2D eigenvalue weighted by molar-refractivity contribution is 5.91. The molecule has 6 fully saturated rings. The second-order valence-electron chi connectivity index (χ2n) is 13.6. The summed E-state index contributed by atoms with van der Waals surface area (Å²) in [5.74, 6) is 9.88. The maximum absolute atomic E-state index is 10.1. The number of hydrogen-bond donors (Lipinski definition) is 2. The van der Waals surface area contributed by atoms with E-state index in [-0.39, 0.29) is 0 Å². The minimum Gasteiger partial charge on any atom is -0.478 e. The van der Waals surface area contributed by atoms with Gasteiger partial charge in [0.25, 0.3) is 0 Å². The molecule has 0 aromatic carbocycles. The molecule has 234 valence electrons. The molecule has 0 spiro atoms. The number of carboxylic acid groups (broad SMARTS) is 2. The molecule has 43 heavy (non-hydrogen) atoms. The Balaban J connectivity index is 0.000000119. The fourth-order valence-corrected chi connectivity index (χ4v) is 10.7. The van der Waals surface area contributed by atoms with Gasteiger partial charge in [0, 0.05) is 24.3 Å². The van der Waals surface area contributed by atoms with E-state index < -0.39 is 23.9 Å². The zero-order chi connectivity index (χ0) is 30.7. The molecule has 12 atom stereocenters. The van der Waals surface area contributed by atoms with Crippen molar-refractivity contribution in [3.8, 4) is 0 Å². The first-order valence-electron chi connectivity index (χ1n) is 16.0. The van der Waals surface area contributed by atoms with Crippen LogP contribution in [-0.4, -0.2) is 48.3 Å². The van der Waals surface area contributed by atoms with Gasteiger partial charge in [0.2, 0.25) is 0 Å². The molecule has 0 amide bonds. The van der Waals surface area contributed by atoms with E-state index in [9.17, 15) is 19.2 Å². The van der Waals surface area contributed by atoms with Crippen molar-refractivity contribution in [2.45, 2.75) is 57.8 Å². The lowest BCUT2D eigenvalue weighted by molar-refractivity contribution is -0.136. The molecule has 0 saturated heterocycles. The molecular formula is C35H46O8. The molecule has 8 aliphatic carbocycles. The van der Waals surface area contributed by atoms with E-state index in [0.717, 1.165) is 59.5 Å². The highest BCUT2D eigenvalue weighted by Crippen LogP contribution is 2.71. The van der Waals surface area contributed by atoms with Crippen molar-refractivity contribution in [3.63, 3.8) is 0 Å². The number of hydrogen-bond acceptors (Lipinski definition) is 6. The van der Waals surface area contributed by atoms with Crippen molar-refractivity contribution in [2.24, 2.45) is 71.0 Å².